The van der Waals surface area contributed by atoms with Gasteiger partial charge in [0, 0.05) is 6.07 Å². The maximum Gasteiger partial charge on any atom is 0.223 e. The molecule has 3 aromatic rings. The molecule has 7 nitrogen and oxygen atoms in total. The van der Waals surface area contributed by atoms with Crippen LogP contribution in [0.25, 0.3) is 17.1 Å². The summed E-state index contributed by atoms with van der Waals surface area (Å²) in [5.74, 6) is 0.536. The average molecular weight is 268 g/mol. The lowest BCUT2D eigenvalue weighted by atomic mass is 10.2. The van der Waals surface area contributed by atoms with Crippen LogP contribution in [0, 0.1) is 0 Å². The molecule has 0 aliphatic rings. The number of nitrogens with two attached hydrogens (primary N) is 1. The van der Waals surface area contributed by atoms with Gasteiger partial charge in [0.2, 0.25) is 11.8 Å². The van der Waals surface area contributed by atoms with Crippen molar-refractivity contribution < 1.29 is 4.74 Å². The van der Waals surface area contributed by atoms with Crippen molar-refractivity contribution in [3.63, 3.8) is 0 Å². The topological polar surface area (TPSA) is 91.7 Å². The van der Waals surface area contributed by atoms with Gasteiger partial charge in [0.25, 0.3) is 0 Å². The first-order chi connectivity index (χ1) is 9.78. The predicted molar refractivity (Wildman–Crippen MR) is 73.3 cm³/mol. The Labute approximate surface area is 115 Å². The van der Waals surface area contributed by atoms with Crippen molar-refractivity contribution in [1.82, 2.24) is 25.0 Å². The summed E-state index contributed by atoms with van der Waals surface area (Å²) in [7, 11) is 1.53. The molecule has 0 unspecified atom stereocenters. The number of anilines is 1. The fraction of sp³-hybridized carbons (Fsp3) is 0.0769. The van der Waals surface area contributed by atoms with E-state index in [9.17, 15) is 0 Å². The molecule has 0 fully saturated rings. The molecule has 0 amide bonds. The highest BCUT2D eigenvalue weighted by Gasteiger charge is 2.12. The molecule has 0 aliphatic carbocycles. The molecule has 0 saturated heterocycles. The number of nitrogen functional groups attached to an aromatic ring is 1. The monoisotopic (exact) mass is 268 g/mol. The summed E-state index contributed by atoms with van der Waals surface area (Å²) in [6, 6.07) is 11.3. The van der Waals surface area contributed by atoms with Gasteiger partial charge in [-0.3, -0.25) is 0 Å². The molecule has 0 aliphatic heterocycles. The molecule has 100 valence electrons. The van der Waals surface area contributed by atoms with Crippen LogP contribution in [0.4, 0.5) is 5.95 Å². The zero-order valence-corrected chi connectivity index (χ0v) is 10.8. The van der Waals surface area contributed by atoms with Crippen molar-refractivity contribution >= 4 is 5.95 Å². The van der Waals surface area contributed by atoms with Crippen LogP contribution in [0.1, 0.15) is 0 Å². The van der Waals surface area contributed by atoms with Gasteiger partial charge in [0.05, 0.1) is 24.7 Å². The van der Waals surface area contributed by atoms with Gasteiger partial charge >= 0.3 is 0 Å². The molecule has 0 spiro atoms. The zero-order chi connectivity index (χ0) is 13.9. The molecule has 2 aromatic heterocycles. The van der Waals surface area contributed by atoms with E-state index in [2.05, 4.69) is 20.3 Å². The number of aromatic nitrogens is 5. The van der Waals surface area contributed by atoms with E-state index in [0.29, 0.717) is 17.3 Å². The Bertz CT molecular complexity index is 725. The molecule has 0 saturated carbocycles. The molecule has 3 rings (SSSR count). The van der Waals surface area contributed by atoms with Crippen LogP contribution >= 0.6 is 0 Å². The van der Waals surface area contributed by atoms with Crippen LogP contribution in [-0.2, 0) is 0 Å². The maximum atomic E-state index is 5.68. The van der Waals surface area contributed by atoms with E-state index < -0.39 is 0 Å². The van der Waals surface area contributed by atoms with Crippen molar-refractivity contribution in [2.75, 3.05) is 12.8 Å². The van der Waals surface area contributed by atoms with Gasteiger partial charge < -0.3 is 10.5 Å². The Morgan fingerprint density at radius 1 is 1.15 bits per heavy atom. The average Bonchev–Trinajstić information content (AvgIpc) is 2.97. The Morgan fingerprint density at radius 2 is 1.95 bits per heavy atom. The summed E-state index contributed by atoms with van der Waals surface area (Å²) >= 11 is 0. The number of para-hydroxylation sites is 1. The molecule has 0 bridgehead atoms. The highest BCUT2D eigenvalue weighted by atomic mass is 16.5. The van der Waals surface area contributed by atoms with Crippen molar-refractivity contribution in [2.24, 2.45) is 0 Å². The lowest BCUT2D eigenvalue weighted by Gasteiger charge is -2.07. The van der Waals surface area contributed by atoms with Crippen LogP contribution < -0.4 is 10.5 Å². The highest BCUT2D eigenvalue weighted by Crippen LogP contribution is 2.22. The minimum atomic E-state index is 0.139. The summed E-state index contributed by atoms with van der Waals surface area (Å²) in [5.41, 5.74) is 7.87. The summed E-state index contributed by atoms with van der Waals surface area (Å²) < 4.78 is 6.78. The quantitative estimate of drug-likeness (QED) is 0.770. The minimum Gasteiger partial charge on any atom is -0.481 e. The van der Waals surface area contributed by atoms with E-state index in [4.69, 9.17) is 10.5 Å². The van der Waals surface area contributed by atoms with Gasteiger partial charge in [0.1, 0.15) is 5.69 Å². The Hall–Kier alpha value is -2.96. The van der Waals surface area contributed by atoms with Gasteiger partial charge in [-0.15, -0.1) is 5.10 Å². The molecule has 20 heavy (non-hydrogen) atoms. The summed E-state index contributed by atoms with van der Waals surface area (Å²) in [6.07, 6.45) is 1.62. The Kier molecular flexibility index (Phi) is 3.00. The zero-order valence-electron chi connectivity index (χ0n) is 10.8. The molecule has 0 radical (unpaired) electrons. The molecule has 2 N–H and O–H groups in total. The highest BCUT2D eigenvalue weighted by molar-refractivity contribution is 5.59. The Morgan fingerprint density at radius 3 is 2.70 bits per heavy atom. The van der Waals surface area contributed by atoms with E-state index in [-0.39, 0.29) is 5.95 Å². The molecule has 0 atom stereocenters. The second-order valence-corrected chi connectivity index (χ2v) is 4.02. The smallest absolute Gasteiger partial charge is 0.223 e. The number of ether oxygens (including phenoxy) is 1. The first-order valence-electron chi connectivity index (χ1n) is 5.93. The van der Waals surface area contributed by atoms with E-state index in [0.717, 1.165) is 5.69 Å². The molecule has 2 heterocycles. The third-order valence-corrected chi connectivity index (χ3v) is 2.74. The third-order valence-electron chi connectivity index (χ3n) is 2.74. The van der Waals surface area contributed by atoms with Crippen LogP contribution in [0.15, 0.2) is 42.6 Å². The van der Waals surface area contributed by atoms with Gasteiger partial charge in [-0.25, -0.2) is 9.67 Å². The fourth-order valence-electron chi connectivity index (χ4n) is 1.85. The van der Waals surface area contributed by atoms with E-state index in [1.807, 2.05) is 30.3 Å². The lowest BCUT2D eigenvalue weighted by Crippen LogP contribution is -2.03. The molecular weight excluding hydrogens is 256 g/mol. The van der Waals surface area contributed by atoms with Gasteiger partial charge in [0.15, 0.2) is 0 Å². The van der Waals surface area contributed by atoms with Crippen molar-refractivity contribution in [3.05, 3.63) is 42.6 Å². The second kappa shape index (κ2) is 4.96. The van der Waals surface area contributed by atoms with Gasteiger partial charge in [-0.05, 0) is 12.1 Å². The second-order valence-electron chi connectivity index (χ2n) is 4.02. The first kappa shape index (κ1) is 12.1. The SMILES string of the molecule is COc1cc(-c2cnnn2-c2ccccc2)nc(N)n1. The van der Waals surface area contributed by atoms with E-state index in [1.165, 1.54) is 7.11 Å². The number of methoxy groups -OCH3 is 1. The van der Waals surface area contributed by atoms with Crippen LogP contribution in [0.2, 0.25) is 0 Å². The van der Waals surface area contributed by atoms with E-state index >= 15 is 0 Å². The number of benzene rings is 1. The van der Waals surface area contributed by atoms with Crippen LogP contribution in [0.5, 0.6) is 5.88 Å². The number of nitrogens with zero attached hydrogens (tertiary/aromatic N) is 5. The van der Waals surface area contributed by atoms with E-state index in [1.54, 1.807) is 16.9 Å². The largest absolute Gasteiger partial charge is 0.481 e. The van der Waals surface area contributed by atoms with Crippen molar-refractivity contribution in [2.45, 2.75) is 0 Å². The summed E-state index contributed by atoms with van der Waals surface area (Å²) in [5, 5.41) is 8.00. The summed E-state index contributed by atoms with van der Waals surface area (Å²) in [6.45, 7) is 0. The predicted octanol–water partition coefficient (Wildman–Crippen LogP) is 1.32. The number of hydrogen-bond acceptors (Lipinski definition) is 6. The lowest BCUT2D eigenvalue weighted by molar-refractivity contribution is 0.398. The van der Waals surface area contributed by atoms with Crippen LogP contribution in [0.3, 0.4) is 0 Å². The Balaban J connectivity index is 2.13. The normalized spacial score (nSPS) is 10.4. The standard InChI is InChI=1S/C13H12N6O/c1-20-12-7-10(16-13(14)17-12)11-8-15-18-19(11)9-5-3-2-4-6-9/h2-8H,1H3,(H2,14,16,17). The van der Waals surface area contributed by atoms with Crippen LogP contribution in [-0.4, -0.2) is 32.1 Å². The molecule has 1 aromatic carbocycles. The maximum absolute atomic E-state index is 5.68. The summed E-state index contributed by atoms with van der Waals surface area (Å²) in [4.78, 5) is 8.16. The minimum absolute atomic E-state index is 0.139. The fourth-order valence-corrected chi connectivity index (χ4v) is 1.85. The molecule has 7 heteroatoms. The number of rotatable bonds is 3. The number of hydrogen-bond donors (Lipinski definition) is 1. The first-order valence-corrected chi connectivity index (χ1v) is 5.93. The third kappa shape index (κ3) is 2.16. The van der Waals surface area contributed by atoms with Crippen molar-refractivity contribution in [1.29, 1.82) is 0 Å². The molecular formula is C13H12N6O. The van der Waals surface area contributed by atoms with Gasteiger partial charge in [-0.2, -0.15) is 4.98 Å². The van der Waals surface area contributed by atoms with Gasteiger partial charge in [-0.1, -0.05) is 23.4 Å². The van der Waals surface area contributed by atoms with Crippen molar-refractivity contribution in [3.8, 4) is 23.0 Å².